The quantitative estimate of drug-likeness (QED) is 0.801. The van der Waals surface area contributed by atoms with Gasteiger partial charge in [-0.05, 0) is 34.1 Å². The van der Waals surface area contributed by atoms with Crippen LogP contribution in [0.5, 0.6) is 0 Å². The van der Waals surface area contributed by atoms with Crippen LogP contribution in [0.4, 0.5) is 5.82 Å². The fourth-order valence-corrected chi connectivity index (χ4v) is 3.40. The monoisotopic (exact) mass is 386 g/mol. The lowest BCUT2D eigenvalue weighted by Gasteiger charge is -2.22. The van der Waals surface area contributed by atoms with Crippen LogP contribution in [-0.2, 0) is 6.54 Å². The van der Waals surface area contributed by atoms with Crippen molar-refractivity contribution >= 4 is 11.7 Å². The Morgan fingerprint density at radius 1 is 1.32 bits per heavy atom. The zero-order valence-electron chi connectivity index (χ0n) is 17.6. The lowest BCUT2D eigenvalue weighted by molar-refractivity contribution is 0.0815. The summed E-state index contributed by atoms with van der Waals surface area (Å²) in [6, 6.07) is 0.624. The highest BCUT2D eigenvalue weighted by Crippen LogP contribution is 2.24. The number of carbonyl (C=O) groups is 1. The number of anilines is 1. The number of aryl methyl sites for hydroxylation is 1. The smallest absolute Gasteiger partial charge is 0.291 e. The maximum absolute atomic E-state index is 12.3. The van der Waals surface area contributed by atoms with E-state index in [9.17, 15) is 4.79 Å². The molecular weight excluding hydrogens is 356 g/mol. The first-order valence-corrected chi connectivity index (χ1v) is 9.71. The Morgan fingerprint density at radius 2 is 2.07 bits per heavy atom. The molecule has 9 nitrogen and oxygen atoms in total. The van der Waals surface area contributed by atoms with E-state index in [4.69, 9.17) is 0 Å². The largest absolute Gasteiger partial charge is 0.355 e. The number of hydrogen-bond acceptors (Lipinski definition) is 7. The molecule has 2 aromatic heterocycles. The van der Waals surface area contributed by atoms with Crippen molar-refractivity contribution in [2.75, 3.05) is 32.1 Å². The third kappa shape index (κ3) is 4.14. The van der Waals surface area contributed by atoms with E-state index in [1.165, 1.54) is 4.90 Å². The van der Waals surface area contributed by atoms with E-state index in [0.717, 1.165) is 42.4 Å². The fraction of sp³-hybridized carbons (Fsp3) is 0.632. The average Bonchev–Trinajstić information content (AvgIpc) is 3.30. The summed E-state index contributed by atoms with van der Waals surface area (Å²) in [5, 5.41) is 7.87. The Balaban J connectivity index is 1.69. The maximum Gasteiger partial charge on any atom is 0.291 e. The second-order valence-electron chi connectivity index (χ2n) is 7.81. The van der Waals surface area contributed by atoms with Crippen molar-refractivity contribution in [3.63, 3.8) is 0 Å². The summed E-state index contributed by atoms with van der Waals surface area (Å²) >= 11 is 0. The molecule has 9 heteroatoms. The minimum Gasteiger partial charge on any atom is -0.355 e. The van der Waals surface area contributed by atoms with E-state index < -0.39 is 0 Å². The highest BCUT2D eigenvalue weighted by molar-refractivity contribution is 5.90. The van der Waals surface area contributed by atoms with Crippen molar-refractivity contribution in [1.29, 1.82) is 0 Å². The summed E-state index contributed by atoms with van der Waals surface area (Å²) < 4.78 is 1.94. The Labute approximate surface area is 166 Å². The molecule has 0 aliphatic carbocycles. The van der Waals surface area contributed by atoms with Crippen molar-refractivity contribution in [3.05, 3.63) is 29.2 Å². The first-order chi connectivity index (χ1) is 13.3. The number of carbonyl (C=O) groups excluding carboxylic acids is 1. The molecule has 1 atom stereocenters. The first kappa shape index (κ1) is 20.2. The normalized spacial score (nSPS) is 16.8. The van der Waals surface area contributed by atoms with Gasteiger partial charge in [0, 0.05) is 50.5 Å². The molecular formula is C19H30N8O. The fourth-order valence-electron chi connectivity index (χ4n) is 3.40. The van der Waals surface area contributed by atoms with Gasteiger partial charge >= 0.3 is 0 Å². The van der Waals surface area contributed by atoms with E-state index in [1.807, 2.05) is 18.5 Å². The lowest BCUT2D eigenvalue weighted by atomic mass is 10.2. The van der Waals surface area contributed by atoms with Crippen LogP contribution in [-0.4, -0.2) is 68.8 Å². The van der Waals surface area contributed by atoms with Crippen molar-refractivity contribution in [2.45, 2.75) is 52.7 Å². The third-order valence-electron chi connectivity index (χ3n) is 5.13. The molecule has 1 saturated heterocycles. The van der Waals surface area contributed by atoms with Gasteiger partial charge in [0.25, 0.3) is 5.91 Å². The van der Waals surface area contributed by atoms with Gasteiger partial charge in [-0.1, -0.05) is 0 Å². The van der Waals surface area contributed by atoms with Crippen molar-refractivity contribution in [2.24, 2.45) is 0 Å². The highest BCUT2D eigenvalue weighted by Gasteiger charge is 2.27. The number of rotatable bonds is 6. The van der Waals surface area contributed by atoms with Crippen molar-refractivity contribution < 1.29 is 4.79 Å². The molecule has 2 aromatic rings. The molecule has 0 unspecified atom stereocenters. The number of nitrogens with zero attached hydrogens (tertiary/aromatic N) is 7. The molecule has 1 N–H and O–H groups in total. The predicted octanol–water partition coefficient (Wildman–Crippen LogP) is 1.34. The molecule has 0 saturated carbocycles. The summed E-state index contributed by atoms with van der Waals surface area (Å²) in [6.07, 6.45) is 2.61. The van der Waals surface area contributed by atoms with E-state index in [-0.39, 0.29) is 11.7 Å². The molecule has 0 aromatic carbocycles. The van der Waals surface area contributed by atoms with Crippen LogP contribution in [0.2, 0.25) is 0 Å². The third-order valence-corrected chi connectivity index (χ3v) is 5.13. The van der Waals surface area contributed by atoms with E-state index >= 15 is 0 Å². The van der Waals surface area contributed by atoms with Crippen LogP contribution in [0.15, 0.2) is 6.33 Å². The number of nitrogens with one attached hydrogen (secondary N) is 1. The van der Waals surface area contributed by atoms with Gasteiger partial charge in [-0.15, -0.1) is 0 Å². The van der Waals surface area contributed by atoms with Gasteiger partial charge in [0.2, 0.25) is 5.82 Å². The highest BCUT2D eigenvalue weighted by atomic mass is 16.2. The van der Waals surface area contributed by atoms with Crippen LogP contribution < -0.4 is 10.2 Å². The molecule has 0 bridgehead atoms. The maximum atomic E-state index is 12.3. The number of aromatic nitrogens is 5. The standard InChI is InChI=1S/C19H30N8O/c1-12(2)27-16(21-11-22-27)9-20-15-7-8-26(10-15)18-13(3)14(4)23-17(24-18)19(28)25(5)6/h11-12,15,20H,7-10H2,1-6H3/t15-/m1/s1. The van der Waals surface area contributed by atoms with Crippen LogP contribution >= 0.6 is 0 Å². The zero-order valence-corrected chi connectivity index (χ0v) is 17.6. The first-order valence-electron chi connectivity index (χ1n) is 9.71. The van der Waals surface area contributed by atoms with Gasteiger partial charge in [-0.2, -0.15) is 5.10 Å². The van der Waals surface area contributed by atoms with Crippen LogP contribution in [0.1, 0.15) is 54.0 Å². The van der Waals surface area contributed by atoms with Crippen LogP contribution in [0.3, 0.4) is 0 Å². The molecule has 152 valence electrons. The van der Waals surface area contributed by atoms with E-state index in [0.29, 0.717) is 18.6 Å². The molecule has 1 fully saturated rings. The average molecular weight is 387 g/mol. The SMILES string of the molecule is Cc1nc(C(=O)N(C)C)nc(N2CC[C@@H](NCc3ncnn3C(C)C)C2)c1C. The molecule has 1 amide bonds. The summed E-state index contributed by atoms with van der Waals surface area (Å²) in [7, 11) is 3.43. The molecule has 1 aliphatic heterocycles. The zero-order chi connectivity index (χ0) is 20.4. The minimum absolute atomic E-state index is 0.175. The molecule has 0 radical (unpaired) electrons. The molecule has 3 heterocycles. The van der Waals surface area contributed by atoms with Gasteiger partial charge in [0.15, 0.2) is 0 Å². The van der Waals surface area contributed by atoms with Crippen LogP contribution in [0.25, 0.3) is 0 Å². The number of hydrogen-bond donors (Lipinski definition) is 1. The van der Waals surface area contributed by atoms with Crippen molar-refractivity contribution in [3.8, 4) is 0 Å². The van der Waals surface area contributed by atoms with E-state index in [1.54, 1.807) is 20.4 Å². The topological polar surface area (TPSA) is 92.1 Å². The van der Waals surface area contributed by atoms with Gasteiger partial charge < -0.3 is 15.1 Å². The molecule has 28 heavy (non-hydrogen) atoms. The Kier molecular flexibility index (Phi) is 5.93. The second-order valence-corrected chi connectivity index (χ2v) is 7.81. The number of amides is 1. The summed E-state index contributed by atoms with van der Waals surface area (Å²) in [4.78, 5) is 29.4. The van der Waals surface area contributed by atoms with Crippen molar-refractivity contribution in [1.82, 2.24) is 34.9 Å². The summed E-state index contributed by atoms with van der Waals surface area (Å²) in [5.41, 5.74) is 1.87. The van der Waals surface area contributed by atoms with Gasteiger partial charge in [0.1, 0.15) is 18.0 Å². The van der Waals surface area contributed by atoms with Gasteiger partial charge in [-0.25, -0.2) is 19.6 Å². The second kappa shape index (κ2) is 8.22. The summed E-state index contributed by atoms with van der Waals surface area (Å²) in [5.74, 6) is 1.88. The van der Waals surface area contributed by atoms with Crippen LogP contribution in [0, 0.1) is 13.8 Å². The molecule has 1 aliphatic rings. The minimum atomic E-state index is -0.175. The molecule has 3 rings (SSSR count). The predicted molar refractivity (Wildman–Crippen MR) is 107 cm³/mol. The Morgan fingerprint density at radius 3 is 2.75 bits per heavy atom. The van der Waals surface area contributed by atoms with Gasteiger partial charge in [0.05, 0.1) is 6.54 Å². The lowest BCUT2D eigenvalue weighted by Crippen LogP contribution is -2.34. The van der Waals surface area contributed by atoms with E-state index in [2.05, 4.69) is 44.1 Å². The molecule has 0 spiro atoms. The summed E-state index contributed by atoms with van der Waals surface area (Å²) in [6.45, 7) is 10.6. The Bertz CT molecular complexity index is 844. The Hall–Kier alpha value is -2.55. The van der Waals surface area contributed by atoms with Gasteiger partial charge in [-0.3, -0.25) is 4.79 Å².